The summed E-state index contributed by atoms with van der Waals surface area (Å²) in [5, 5.41) is 10.3. The second-order valence-electron chi connectivity index (χ2n) is 4.30. The van der Waals surface area contributed by atoms with Crippen LogP contribution < -0.4 is 11.1 Å². The first kappa shape index (κ1) is 12.0. The number of carbonyl (C=O) groups is 2. The Kier molecular flexibility index (Phi) is 2.76. The molecule has 1 aliphatic heterocycles. The maximum absolute atomic E-state index is 11.5. The topological polar surface area (TPSA) is 96.9 Å². The summed E-state index contributed by atoms with van der Waals surface area (Å²) in [6.07, 6.45) is 0. The van der Waals surface area contributed by atoms with Crippen LogP contribution in [0.3, 0.4) is 0 Å². The van der Waals surface area contributed by atoms with E-state index in [0.29, 0.717) is 28.2 Å². The van der Waals surface area contributed by atoms with Crippen molar-refractivity contribution in [3.05, 3.63) is 53.6 Å². The van der Waals surface area contributed by atoms with Gasteiger partial charge >= 0.3 is 0 Å². The van der Waals surface area contributed by atoms with Crippen molar-refractivity contribution in [3.63, 3.8) is 0 Å². The molecule has 3 N–H and O–H groups in total. The third-order valence-corrected chi connectivity index (χ3v) is 2.89. The lowest BCUT2D eigenvalue weighted by Crippen LogP contribution is -2.19. The maximum Gasteiger partial charge on any atom is 0.259 e. The number of hydrogen-bond acceptors (Lipinski definition) is 5. The van der Waals surface area contributed by atoms with E-state index in [0.717, 1.165) is 0 Å². The number of nitrogens with two attached hydrogens (primary N) is 1. The Labute approximate surface area is 114 Å². The van der Waals surface area contributed by atoms with Crippen molar-refractivity contribution in [1.29, 1.82) is 0 Å². The minimum absolute atomic E-state index is 0.323. The summed E-state index contributed by atoms with van der Waals surface area (Å²) in [5.41, 5.74) is 8.07. The Hall–Kier alpha value is -3.02. The summed E-state index contributed by atoms with van der Waals surface area (Å²) >= 11 is 0. The zero-order chi connectivity index (χ0) is 14.1. The number of imide groups is 1. The molecule has 2 aromatic carbocycles. The standard InChI is InChI=1S/C14H10N4O2/c15-8-1-3-9(4-2-8)17-18-10-5-6-11-12(7-10)14(20)16-13(11)19/h1-7H,15H2,(H,16,19,20). The van der Waals surface area contributed by atoms with E-state index in [4.69, 9.17) is 5.73 Å². The number of carbonyl (C=O) groups excluding carboxylic acids is 2. The van der Waals surface area contributed by atoms with Crippen LogP contribution in [0.1, 0.15) is 20.7 Å². The van der Waals surface area contributed by atoms with Gasteiger partial charge < -0.3 is 5.73 Å². The number of fused-ring (bicyclic) bond motifs is 1. The van der Waals surface area contributed by atoms with Gasteiger partial charge in [0.05, 0.1) is 22.5 Å². The van der Waals surface area contributed by atoms with Crippen LogP contribution in [0.2, 0.25) is 0 Å². The lowest BCUT2D eigenvalue weighted by molar-refractivity contribution is 0.0879. The SMILES string of the molecule is Nc1ccc(N=Nc2ccc3c(c2)C(=O)NC3=O)cc1. The second kappa shape index (κ2) is 4.58. The van der Waals surface area contributed by atoms with Crippen LogP contribution in [0.4, 0.5) is 17.1 Å². The molecule has 3 rings (SSSR count). The van der Waals surface area contributed by atoms with Gasteiger partial charge in [0.1, 0.15) is 0 Å². The minimum atomic E-state index is -0.408. The predicted octanol–water partition coefficient (Wildman–Crippen LogP) is 2.57. The molecule has 0 aliphatic carbocycles. The summed E-state index contributed by atoms with van der Waals surface area (Å²) in [4.78, 5) is 22.9. The first-order valence-corrected chi connectivity index (χ1v) is 5.90. The molecular formula is C14H10N4O2. The van der Waals surface area contributed by atoms with Crippen LogP contribution in [-0.4, -0.2) is 11.8 Å². The van der Waals surface area contributed by atoms with Gasteiger partial charge in [-0.1, -0.05) is 0 Å². The van der Waals surface area contributed by atoms with Crippen molar-refractivity contribution >= 4 is 28.9 Å². The average Bonchev–Trinajstić information content (AvgIpc) is 2.73. The molecule has 6 nitrogen and oxygen atoms in total. The van der Waals surface area contributed by atoms with Gasteiger partial charge in [0.25, 0.3) is 11.8 Å². The number of rotatable bonds is 2. The van der Waals surface area contributed by atoms with Crippen molar-refractivity contribution < 1.29 is 9.59 Å². The normalized spacial score (nSPS) is 13.6. The third kappa shape index (κ3) is 2.14. The molecule has 2 amide bonds. The van der Waals surface area contributed by atoms with E-state index in [9.17, 15) is 9.59 Å². The molecule has 0 saturated heterocycles. The molecule has 2 aromatic rings. The summed E-state index contributed by atoms with van der Waals surface area (Å²) in [6.45, 7) is 0. The molecular weight excluding hydrogens is 256 g/mol. The molecule has 1 aliphatic rings. The van der Waals surface area contributed by atoms with Crippen LogP contribution in [0, 0.1) is 0 Å². The highest BCUT2D eigenvalue weighted by molar-refractivity contribution is 6.21. The van der Waals surface area contributed by atoms with Crippen LogP contribution >= 0.6 is 0 Å². The van der Waals surface area contributed by atoms with E-state index in [1.54, 1.807) is 36.4 Å². The predicted molar refractivity (Wildman–Crippen MR) is 73.3 cm³/mol. The van der Waals surface area contributed by atoms with E-state index >= 15 is 0 Å². The molecule has 6 heteroatoms. The van der Waals surface area contributed by atoms with Gasteiger partial charge in [0, 0.05) is 5.69 Å². The van der Waals surface area contributed by atoms with Crippen LogP contribution in [0.25, 0.3) is 0 Å². The Morgan fingerprint density at radius 3 is 2.15 bits per heavy atom. The van der Waals surface area contributed by atoms with E-state index < -0.39 is 5.91 Å². The largest absolute Gasteiger partial charge is 0.399 e. The number of benzene rings is 2. The summed E-state index contributed by atoms with van der Waals surface area (Å²) < 4.78 is 0. The molecule has 0 fully saturated rings. The molecule has 0 radical (unpaired) electrons. The van der Waals surface area contributed by atoms with E-state index in [2.05, 4.69) is 15.5 Å². The number of anilines is 1. The molecule has 0 saturated carbocycles. The molecule has 20 heavy (non-hydrogen) atoms. The number of nitrogen functional groups attached to an aromatic ring is 1. The van der Waals surface area contributed by atoms with Crippen LogP contribution in [0.5, 0.6) is 0 Å². The maximum atomic E-state index is 11.5. The zero-order valence-corrected chi connectivity index (χ0v) is 10.3. The highest BCUT2D eigenvalue weighted by Gasteiger charge is 2.26. The van der Waals surface area contributed by atoms with E-state index in [1.165, 1.54) is 6.07 Å². The Balaban J connectivity index is 1.89. The summed E-state index contributed by atoms with van der Waals surface area (Å²) in [5.74, 6) is -0.790. The van der Waals surface area contributed by atoms with E-state index in [-0.39, 0.29) is 5.91 Å². The highest BCUT2D eigenvalue weighted by Crippen LogP contribution is 2.24. The quantitative estimate of drug-likeness (QED) is 0.496. The van der Waals surface area contributed by atoms with Gasteiger partial charge in [-0.15, -0.1) is 0 Å². The Morgan fingerprint density at radius 2 is 1.40 bits per heavy atom. The fourth-order valence-electron chi connectivity index (χ4n) is 1.87. The molecule has 0 unspecified atom stereocenters. The van der Waals surface area contributed by atoms with Crippen molar-refractivity contribution in [2.75, 3.05) is 5.73 Å². The zero-order valence-electron chi connectivity index (χ0n) is 10.3. The number of azo groups is 1. The molecule has 98 valence electrons. The van der Waals surface area contributed by atoms with Crippen LogP contribution in [-0.2, 0) is 0 Å². The monoisotopic (exact) mass is 266 g/mol. The summed E-state index contributed by atoms with van der Waals surface area (Å²) in [6, 6.07) is 11.7. The van der Waals surface area contributed by atoms with E-state index in [1.807, 2.05) is 0 Å². The van der Waals surface area contributed by atoms with Crippen LogP contribution in [0.15, 0.2) is 52.7 Å². The third-order valence-electron chi connectivity index (χ3n) is 2.89. The first-order chi connectivity index (χ1) is 9.63. The molecule has 0 spiro atoms. The number of amides is 2. The van der Waals surface area contributed by atoms with Gasteiger partial charge in [-0.25, -0.2) is 0 Å². The minimum Gasteiger partial charge on any atom is -0.399 e. The fourth-order valence-corrected chi connectivity index (χ4v) is 1.87. The van der Waals surface area contributed by atoms with Crippen molar-refractivity contribution in [1.82, 2.24) is 5.32 Å². The molecule has 0 atom stereocenters. The molecule has 1 heterocycles. The van der Waals surface area contributed by atoms with Gasteiger partial charge in [0.2, 0.25) is 0 Å². The summed E-state index contributed by atoms with van der Waals surface area (Å²) in [7, 11) is 0. The Bertz CT molecular complexity index is 735. The number of nitrogens with zero attached hydrogens (tertiary/aromatic N) is 2. The Morgan fingerprint density at radius 1 is 0.800 bits per heavy atom. The highest BCUT2D eigenvalue weighted by atomic mass is 16.2. The van der Waals surface area contributed by atoms with Crippen molar-refractivity contribution in [2.24, 2.45) is 10.2 Å². The second-order valence-corrected chi connectivity index (χ2v) is 4.30. The molecule has 0 bridgehead atoms. The van der Waals surface area contributed by atoms with Gasteiger partial charge in [-0.05, 0) is 42.5 Å². The van der Waals surface area contributed by atoms with Crippen molar-refractivity contribution in [3.8, 4) is 0 Å². The van der Waals surface area contributed by atoms with Crippen molar-refractivity contribution in [2.45, 2.75) is 0 Å². The lowest BCUT2D eigenvalue weighted by Gasteiger charge is -1.97. The van der Waals surface area contributed by atoms with Gasteiger partial charge in [-0.3, -0.25) is 14.9 Å². The first-order valence-electron chi connectivity index (χ1n) is 5.90. The smallest absolute Gasteiger partial charge is 0.259 e. The lowest BCUT2D eigenvalue weighted by atomic mass is 10.1. The molecule has 0 aromatic heterocycles. The average molecular weight is 266 g/mol. The number of hydrogen-bond donors (Lipinski definition) is 2. The van der Waals surface area contributed by atoms with Gasteiger partial charge in [0.15, 0.2) is 0 Å². The van der Waals surface area contributed by atoms with Gasteiger partial charge in [-0.2, -0.15) is 10.2 Å². The fraction of sp³-hybridized carbons (Fsp3) is 0. The number of nitrogens with one attached hydrogen (secondary N) is 1.